The smallest absolute Gasteiger partial charge is 0.248 e. The van der Waals surface area contributed by atoms with Gasteiger partial charge in [0.05, 0.1) is 23.8 Å². The second kappa shape index (κ2) is 11.1. The van der Waals surface area contributed by atoms with Crippen LogP contribution < -0.4 is 20.1 Å². The van der Waals surface area contributed by atoms with Crippen molar-refractivity contribution in [1.29, 1.82) is 5.41 Å². The Labute approximate surface area is 208 Å². The van der Waals surface area contributed by atoms with E-state index in [0.717, 1.165) is 11.4 Å². The molecule has 1 aliphatic heterocycles. The van der Waals surface area contributed by atoms with E-state index in [1.807, 2.05) is 30.3 Å². The number of aromatic nitrogens is 1. The van der Waals surface area contributed by atoms with Crippen molar-refractivity contribution in [1.82, 2.24) is 9.88 Å². The number of anilines is 2. The lowest BCUT2D eigenvalue weighted by Crippen LogP contribution is -2.56. The fourth-order valence-electron chi connectivity index (χ4n) is 3.57. The van der Waals surface area contributed by atoms with Gasteiger partial charge < -0.3 is 30.1 Å². The predicted octanol–water partition coefficient (Wildman–Crippen LogP) is 3.38. The highest BCUT2D eigenvalue weighted by Gasteiger charge is 2.31. The highest BCUT2D eigenvalue weighted by atomic mass is 35.5. The molecule has 0 radical (unpaired) electrons. The molecule has 0 spiro atoms. The third-order valence-corrected chi connectivity index (χ3v) is 5.77. The fraction of sp³-hybridized carbons (Fsp3) is 0.240. The lowest BCUT2D eigenvalue weighted by Gasteiger charge is -2.38. The van der Waals surface area contributed by atoms with Gasteiger partial charge in [-0.2, -0.15) is 0 Å². The standard InChI is InChI=1S/C25H26ClN5O4/c1-28-22-7-6-18(35-19-12-31(13-19)24(33)14-32)11-20(22)25(27)30-16-5-8-23(21(26)10-16)34-15-17-4-2-3-9-29-17/h2-11,19,28,32H,12-15H2,1H3,(H2,27,30). The van der Waals surface area contributed by atoms with Crippen LogP contribution in [0.15, 0.2) is 60.8 Å². The summed E-state index contributed by atoms with van der Waals surface area (Å²) in [5.74, 6) is 0.954. The third-order valence-electron chi connectivity index (χ3n) is 5.47. The van der Waals surface area contributed by atoms with E-state index < -0.39 is 6.61 Å². The number of rotatable bonds is 9. The molecule has 1 saturated heterocycles. The number of halogens is 1. The van der Waals surface area contributed by atoms with Crippen LogP contribution in [0.2, 0.25) is 5.02 Å². The van der Waals surface area contributed by atoms with Gasteiger partial charge in [-0.25, -0.2) is 0 Å². The molecule has 0 atom stereocenters. The number of likely N-dealkylation sites (tertiary alicyclic amines) is 1. The molecule has 182 valence electrons. The summed E-state index contributed by atoms with van der Waals surface area (Å²) in [7, 11) is 1.78. The molecule has 10 heteroatoms. The lowest BCUT2D eigenvalue weighted by atomic mass is 10.1. The van der Waals surface area contributed by atoms with Crippen molar-refractivity contribution < 1.29 is 19.4 Å². The van der Waals surface area contributed by atoms with Crippen LogP contribution in [0.4, 0.5) is 11.4 Å². The summed E-state index contributed by atoms with van der Waals surface area (Å²) in [6, 6.07) is 16.2. The largest absolute Gasteiger partial charge is 0.487 e. The number of benzene rings is 2. The highest BCUT2D eigenvalue weighted by molar-refractivity contribution is 6.32. The molecule has 9 nitrogen and oxygen atoms in total. The van der Waals surface area contributed by atoms with E-state index in [-0.39, 0.29) is 17.8 Å². The fourth-order valence-corrected chi connectivity index (χ4v) is 3.81. The first-order valence-corrected chi connectivity index (χ1v) is 11.4. The van der Waals surface area contributed by atoms with Crippen molar-refractivity contribution in [3.8, 4) is 11.5 Å². The molecule has 1 aromatic heterocycles. The number of aliphatic hydroxyl groups excluding tert-OH is 1. The number of carbonyl (C=O) groups is 1. The van der Waals surface area contributed by atoms with Crippen molar-refractivity contribution in [2.24, 2.45) is 0 Å². The quantitative estimate of drug-likeness (QED) is 0.265. The van der Waals surface area contributed by atoms with Gasteiger partial charge in [-0.15, -0.1) is 0 Å². The molecule has 1 amide bonds. The van der Waals surface area contributed by atoms with Gasteiger partial charge in [-0.05, 0) is 48.5 Å². The van der Waals surface area contributed by atoms with Crippen LogP contribution >= 0.6 is 11.6 Å². The first-order chi connectivity index (χ1) is 17.0. The summed E-state index contributed by atoms with van der Waals surface area (Å²) < 4.78 is 11.7. The van der Waals surface area contributed by atoms with E-state index in [0.29, 0.717) is 47.5 Å². The normalized spacial score (nSPS) is 13.1. The molecule has 4 N–H and O–H groups in total. The summed E-state index contributed by atoms with van der Waals surface area (Å²) >= 11 is 6.40. The van der Waals surface area contributed by atoms with Crippen LogP contribution in [0.5, 0.6) is 11.5 Å². The van der Waals surface area contributed by atoms with Crippen LogP contribution in [0.1, 0.15) is 11.3 Å². The van der Waals surface area contributed by atoms with Gasteiger partial charge >= 0.3 is 0 Å². The van der Waals surface area contributed by atoms with E-state index in [4.69, 9.17) is 31.6 Å². The molecule has 0 saturated carbocycles. The van der Waals surface area contributed by atoms with Crippen LogP contribution in [0, 0.1) is 5.41 Å². The predicted molar refractivity (Wildman–Crippen MR) is 135 cm³/mol. The summed E-state index contributed by atoms with van der Waals surface area (Å²) in [5, 5.41) is 24.1. The molecular formula is C25H26ClN5O4. The Morgan fingerprint density at radius 3 is 2.74 bits per heavy atom. The minimum absolute atomic E-state index is 0.154. The summed E-state index contributed by atoms with van der Waals surface area (Å²) in [4.78, 5) is 17.3. The van der Waals surface area contributed by atoms with Crippen molar-refractivity contribution in [3.63, 3.8) is 0 Å². The first-order valence-electron chi connectivity index (χ1n) is 11.0. The number of aliphatic hydroxyl groups is 1. The zero-order valence-corrected chi connectivity index (χ0v) is 19.9. The molecule has 0 bridgehead atoms. The topological polar surface area (TPSA) is 120 Å². The Bertz CT molecular complexity index is 1200. The SMILES string of the molecule is CNc1ccc(OC2CN(C(=O)CO)C2)cc1C(=N)Nc1ccc(OCc2ccccn2)c(Cl)c1. The van der Waals surface area contributed by atoms with E-state index in [1.165, 1.54) is 4.90 Å². The molecule has 0 unspecified atom stereocenters. The van der Waals surface area contributed by atoms with Crippen molar-refractivity contribution in [3.05, 3.63) is 77.1 Å². The molecule has 35 heavy (non-hydrogen) atoms. The van der Waals surface area contributed by atoms with Gasteiger partial charge in [0.1, 0.15) is 36.7 Å². The van der Waals surface area contributed by atoms with Crippen molar-refractivity contribution in [2.75, 3.05) is 37.4 Å². The lowest BCUT2D eigenvalue weighted by molar-refractivity contribution is -0.142. The Morgan fingerprint density at radius 1 is 1.23 bits per heavy atom. The molecule has 1 fully saturated rings. The number of hydrogen-bond acceptors (Lipinski definition) is 7. The molecule has 1 aliphatic rings. The molecular weight excluding hydrogens is 470 g/mol. The van der Waals surface area contributed by atoms with Gasteiger partial charge in [0.15, 0.2) is 0 Å². The van der Waals surface area contributed by atoms with Gasteiger partial charge in [0.25, 0.3) is 0 Å². The summed E-state index contributed by atoms with van der Waals surface area (Å²) in [5.41, 5.74) is 2.79. The van der Waals surface area contributed by atoms with Gasteiger partial charge in [0.2, 0.25) is 5.91 Å². The molecule has 0 aliphatic carbocycles. The monoisotopic (exact) mass is 495 g/mol. The van der Waals surface area contributed by atoms with Gasteiger partial charge in [-0.3, -0.25) is 15.2 Å². The average Bonchev–Trinajstić information content (AvgIpc) is 2.85. The van der Waals surface area contributed by atoms with Crippen LogP contribution in [0.25, 0.3) is 0 Å². The van der Waals surface area contributed by atoms with E-state index in [9.17, 15) is 4.79 Å². The van der Waals surface area contributed by atoms with Crippen molar-refractivity contribution >= 4 is 34.7 Å². The molecule has 2 aromatic carbocycles. The Hall–Kier alpha value is -3.82. The average molecular weight is 496 g/mol. The minimum Gasteiger partial charge on any atom is -0.487 e. The second-order valence-electron chi connectivity index (χ2n) is 7.91. The maximum atomic E-state index is 11.5. The zero-order chi connectivity index (χ0) is 24.8. The Morgan fingerprint density at radius 2 is 2.06 bits per heavy atom. The minimum atomic E-state index is -0.502. The number of carbonyl (C=O) groups excluding carboxylic acids is 1. The number of amides is 1. The third kappa shape index (κ3) is 6.00. The number of hydrogen-bond donors (Lipinski definition) is 4. The van der Waals surface area contributed by atoms with E-state index >= 15 is 0 Å². The maximum Gasteiger partial charge on any atom is 0.248 e. The summed E-state index contributed by atoms with van der Waals surface area (Å²) in [6.45, 7) is 0.642. The molecule has 2 heterocycles. The van der Waals surface area contributed by atoms with Crippen LogP contribution in [0.3, 0.4) is 0 Å². The van der Waals surface area contributed by atoms with Crippen molar-refractivity contribution in [2.45, 2.75) is 12.7 Å². The van der Waals surface area contributed by atoms with Gasteiger partial charge in [-0.1, -0.05) is 17.7 Å². The second-order valence-corrected chi connectivity index (χ2v) is 8.32. The van der Waals surface area contributed by atoms with Gasteiger partial charge in [0, 0.05) is 30.2 Å². The summed E-state index contributed by atoms with van der Waals surface area (Å²) in [6.07, 6.45) is 1.55. The van der Waals surface area contributed by atoms with Crippen LogP contribution in [-0.4, -0.2) is 59.6 Å². The van der Waals surface area contributed by atoms with E-state index in [2.05, 4.69) is 15.6 Å². The number of nitrogens with one attached hydrogen (secondary N) is 3. The molecule has 4 rings (SSSR count). The number of amidine groups is 1. The Kier molecular flexibility index (Phi) is 7.69. The maximum absolute atomic E-state index is 11.5. The number of ether oxygens (including phenoxy) is 2. The molecule has 3 aromatic rings. The number of pyridine rings is 1. The highest BCUT2D eigenvalue weighted by Crippen LogP contribution is 2.30. The van der Waals surface area contributed by atoms with Crippen LogP contribution in [-0.2, 0) is 11.4 Å². The first kappa shape index (κ1) is 24.3. The number of nitrogens with zero attached hydrogens (tertiary/aromatic N) is 2. The zero-order valence-electron chi connectivity index (χ0n) is 19.1. The Balaban J connectivity index is 1.40. The van der Waals surface area contributed by atoms with E-state index in [1.54, 1.807) is 37.5 Å².